The van der Waals surface area contributed by atoms with E-state index in [1.54, 1.807) is 0 Å². The minimum Gasteiger partial charge on any atom is -0.223 e. The fraction of sp³-hybridized carbons (Fsp3) is 0. The van der Waals surface area contributed by atoms with Gasteiger partial charge in [0.15, 0.2) is 11.3 Å². The Morgan fingerprint density at radius 1 is 0.343 bits per heavy atom. The molecule has 0 radical (unpaired) electrons. The molecule has 6 rings (SSSR count). The molecule has 4 nitrogen and oxygen atoms in total. The van der Waals surface area contributed by atoms with Crippen LogP contribution in [0.25, 0.3) is 56.3 Å². The number of hydrogen-bond acceptors (Lipinski definition) is 4. The number of halogens is 1. The van der Waals surface area contributed by atoms with Gasteiger partial charge in [-0.15, -0.1) is 0 Å². The third-order valence-electron chi connectivity index (χ3n) is 5.78. The smallest absolute Gasteiger partial charge is 0.199 e. The van der Waals surface area contributed by atoms with Gasteiger partial charge in [-0.1, -0.05) is 119 Å². The minimum atomic E-state index is 0.515. The van der Waals surface area contributed by atoms with E-state index in [-0.39, 0.29) is 0 Å². The number of benzene rings is 4. The molecule has 0 fully saturated rings. The van der Waals surface area contributed by atoms with Gasteiger partial charge < -0.3 is 0 Å². The molecule has 0 bridgehead atoms. The van der Waals surface area contributed by atoms with Crippen LogP contribution in [-0.2, 0) is 0 Å². The van der Waals surface area contributed by atoms with Gasteiger partial charge in [-0.2, -0.15) is 0 Å². The van der Waals surface area contributed by atoms with Crippen LogP contribution in [0.1, 0.15) is 0 Å². The summed E-state index contributed by atoms with van der Waals surface area (Å²) in [6.45, 7) is 0. The Morgan fingerprint density at radius 3 is 0.943 bits per heavy atom. The zero-order valence-corrected chi connectivity index (χ0v) is 20.2. The Hall–Kier alpha value is -4.22. The van der Waals surface area contributed by atoms with E-state index >= 15 is 0 Å². The van der Waals surface area contributed by atoms with E-state index < -0.39 is 0 Å². The van der Waals surface area contributed by atoms with Crippen LogP contribution in [0, 0.1) is 0 Å². The predicted octanol–water partition coefficient (Wildman–Crippen LogP) is 7.85. The van der Waals surface area contributed by atoms with Crippen LogP contribution < -0.4 is 0 Å². The summed E-state index contributed by atoms with van der Waals surface area (Å²) in [6.07, 6.45) is 0. The van der Waals surface area contributed by atoms with Crippen molar-refractivity contribution in [2.45, 2.75) is 0 Å². The van der Waals surface area contributed by atoms with Crippen LogP contribution >= 0.6 is 15.9 Å². The van der Waals surface area contributed by atoms with Gasteiger partial charge in [-0.05, 0) is 12.1 Å². The van der Waals surface area contributed by atoms with Gasteiger partial charge in [-0.25, -0.2) is 19.9 Å². The fourth-order valence-corrected chi connectivity index (χ4v) is 4.35. The predicted molar refractivity (Wildman–Crippen MR) is 145 cm³/mol. The molecule has 0 N–H and O–H groups in total. The lowest BCUT2D eigenvalue weighted by molar-refractivity contribution is 1.17. The van der Waals surface area contributed by atoms with Gasteiger partial charge in [0.2, 0.25) is 0 Å². The van der Waals surface area contributed by atoms with E-state index in [0.29, 0.717) is 11.3 Å². The Labute approximate surface area is 211 Å². The van der Waals surface area contributed by atoms with E-state index in [4.69, 9.17) is 19.9 Å². The van der Waals surface area contributed by atoms with Crippen molar-refractivity contribution in [3.63, 3.8) is 0 Å². The van der Waals surface area contributed by atoms with Crippen LogP contribution in [0.15, 0.2) is 120 Å². The molecule has 4 aromatic carbocycles. The molecule has 2 aromatic heterocycles. The molecular formula is C30H19BrN4. The molecule has 0 aliphatic carbocycles. The average molecular weight is 515 g/mol. The topological polar surface area (TPSA) is 51.6 Å². The second-order valence-corrected chi connectivity index (χ2v) is 9.01. The first-order valence-corrected chi connectivity index (χ1v) is 12.1. The van der Waals surface area contributed by atoms with Gasteiger partial charge in [0.25, 0.3) is 0 Å². The highest BCUT2D eigenvalue weighted by atomic mass is 79.9. The molecule has 0 atom stereocenters. The third kappa shape index (κ3) is 4.22. The van der Waals surface area contributed by atoms with Crippen molar-refractivity contribution in [3.05, 3.63) is 120 Å². The SMILES string of the molecule is Brc1ccc(-c2nc3nc(-c4ccccc4)c(-c4ccccc4)nc3nc2-c2ccccc2)cc1. The highest BCUT2D eigenvalue weighted by Crippen LogP contribution is 2.34. The Balaban J connectivity index is 1.66. The minimum absolute atomic E-state index is 0.515. The lowest BCUT2D eigenvalue weighted by Crippen LogP contribution is -2.02. The summed E-state index contributed by atoms with van der Waals surface area (Å²) in [7, 11) is 0. The van der Waals surface area contributed by atoms with E-state index in [0.717, 1.165) is 49.5 Å². The van der Waals surface area contributed by atoms with Crippen molar-refractivity contribution in [1.82, 2.24) is 19.9 Å². The summed E-state index contributed by atoms with van der Waals surface area (Å²) >= 11 is 3.53. The summed E-state index contributed by atoms with van der Waals surface area (Å²) in [5.41, 5.74) is 8.08. The number of rotatable bonds is 4. The highest BCUT2D eigenvalue weighted by molar-refractivity contribution is 9.10. The number of nitrogens with zero attached hydrogens (tertiary/aromatic N) is 4. The van der Waals surface area contributed by atoms with Gasteiger partial charge in [0, 0.05) is 26.7 Å². The standard InChI is InChI=1S/C30H19BrN4/c31-24-18-16-23(17-19-24)28-27(22-14-8-3-9-15-22)34-29-30(35-28)33-26(21-12-6-2-7-13-21)25(32-29)20-10-4-1-5-11-20/h1-19H. The molecule has 35 heavy (non-hydrogen) atoms. The number of fused-ring (bicyclic) bond motifs is 1. The second kappa shape index (κ2) is 9.20. The molecule has 6 aromatic rings. The Kier molecular flexibility index (Phi) is 5.60. The molecule has 0 saturated heterocycles. The summed E-state index contributed by atoms with van der Waals surface area (Å²) in [5.74, 6) is 0. The Morgan fingerprint density at radius 2 is 0.629 bits per heavy atom. The molecule has 5 heteroatoms. The van der Waals surface area contributed by atoms with Crippen molar-refractivity contribution >= 4 is 27.2 Å². The molecular weight excluding hydrogens is 496 g/mol. The largest absolute Gasteiger partial charge is 0.223 e. The van der Waals surface area contributed by atoms with E-state index in [1.165, 1.54) is 0 Å². The van der Waals surface area contributed by atoms with Crippen LogP contribution in [0.4, 0.5) is 0 Å². The second-order valence-electron chi connectivity index (χ2n) is 8.09. The molecule has 0 aliphatic heterocycles. The van der Waals surface area contributed by atoms with Gasteiger partial charge in [-0.3, -0.25) is 0 Å². The molecule has 0 aliphatic rings. The molecule has 0 spiro atoms. The molecule has 0 saturated carbocycles. The highest BCUT2D eigenvalue weighted by Gasteiger charge is 2.18. The van der Waals surface area contributed by atoms with Crippen molar-refractivity contribution in [2.24, 2.45) is 0 Å². The molecule has 2 heterocycles. The van der Waals surface area contributed by atoms with Crippen molar-refractivity contribution in [1.29, 1.82) is 0 Å². The molecule has 0 amide bonds. The fourth-order valence-electron chi connectivity index (χ4n) is 4.09. The first-order valence-electron chi connectivity index (χ1n) is 11.3. The van der Waals surface area contributed by atoms with Gasteiger partial charge in [0.05, 0.1) is 22.8 Å². The quantitative estimate of drug-likeness (QED) is 0.240. The van der Waals surface area contributed by atoms with Crippen molar-refractivity contribution < 1.29 is 0 Å². The monoisotopic (exact) mass is 514 g/mol. The van der Waals surface area contributed by atoms with E-state index in [2.05, 4.69) is 15.9 Å². The molecule has 0 unspecified atom stereocenters. The zero-order chi connectivity index (χ0) is 23.6. The van der Waals surface area contributed by atoms with E-state index in [9.17, 15) is 0 Å². The lowest BCUT2D eigenvalue weighted by Gasteiger charge is -2.13. The zero-order valence-electron chi connectivity index (χ0n) is 18.6. The van der Waals surface area contributed by atoms with Crippen LogP contribution in [0.5, 0.6) is 0 Å². The summed E-state index contributed by atoms with van der Waals surface area (Å²) in [6, 6.07) is 38.4. The van der Waals surface area contributed by atoms with Crippen molar-refractivity contribution in [3.8, 4) is 45.0 Å². The van der Waals surface area contributed by atoms with Crippen LogP contribution in [-0.4, -0.2) is 19.9 Å². The lowest BCUT2D eigenvalue weighted by atomic mass is 10.0. The summed E-state index contributed by atoms with van der Waals surface area (Å²) in [5, 5.41) is 0. The average Bonchev–Trinajstić information content (AvgIpc) is 2.93. The summed E-state index contributed by atoms with van der Waals surface area (Å²) in [4.78, 5) is 20.1. The van der Waals surface area contributed by atoms with Crippen molar-refractivity contribution in [2.75, 3.05) is 0 Å². The number of aromatic nitrogens is 4. The number of hydrogen-bond donors (Lipinski definition) is 0. The Bertz CT molecular complexity index is 1620. The van der Waals surface area contributed by atoms with E-state index in [1.807, 2.05) is 115 Å². The van der Waals surface area contributed by atoms with Crippen LogP contribution in [0.2, 0.25) is 0 Å². The first kappa shape index (κ1) is 21.3. The normalized spacial score (nSPS) is 11.0. The maximum Gasteiger partial charge on any atom is 0.199 e. The molecule has 166 valence electrons. The maximum absolute atomic E-state index is 5.02. The first-order chi connectivity index (χ1) is 17.3. The maximum atomic E-state index is 5.02. The van der Waals surface area contributed by atoms with Gasteiger partial charge >= 0.3 is 0 Å². The van der Waals surface area contributed by atoms with Gasteiger partial charge in [0.1, 0.15) is 0 Å². The summed E-state index contributed by atoms with van der Waals surface area (Å²) < 4.78 is 1.01. The van der Waals surface area contributed by atoms with Crippen LogP contribution in [0.3, 0.4) is 0 Å². The third-order valence-corrected chi connectivity index (χ3v) is 6.31.